The molecule has 0 spiro atoms. The van der Waals surface area contributed by atoms with Gasteiger partial charge in [-0.15, -0.1) is 0 Å². The molecule has 4 nitrogen and oxygen atoms in total. The fourth-order valence-corrected chi connectivity index (χ4v) is 2.23. The molecule has 0 aromatic heterocycles. The van der Waals surface area contributed by atoms with Crippen molar-refractivity contribution in [3.63, 3.8) is 0 Å². The van der Waals surface area contributed by atoms with Gasteiger partial charge < -0.3 is 14.0 Å². The van der Waals surface area contributed by atoms with Gasteiger partial charge >= 0.3 is 0 Å². The van der Waals surface area contributed by atoms with Crippen molar-refractivity contribution in [2.75, 3.05) is 13.2 Å². The van der Waals surface area contributed by atoms with E-state index in [0.29, 0.717) is 6.61 Å². The maximum atomic E-state index is 11.8. The smallest absolute Gasteiger partial charge is 0.144 e. The standard InChI is InChI=1S/C15H21NO3S/c1-15(2,3)20(17)16-10-12-4-6-13(7-5-12)19-14-8-9-18-11-14/h4-7,10,14H,8-9,11H2,1-3H3/t14?,20-/m1/s1. The zero-order chi connectivity index (χ0) is 14.6. The van der Waals surface area contributed by atoms with E-state index in [-0.39, 0.29) is 10.9 Å². The molecule has 1 heterocycles. The molecule has 110 valence electrons. The van der Waals surface area contributed by atoms with Crippen LogP contribution in [0, 0.1) is 0 Å². The van der Waals surface area contributed by atoms with Gasteiger partial charge in [-0.25, -0.2) is 0 Å². The minimum absolute atomic E-state index is 0.155. The summed E-state index contributed by atoms with van der Waals surface area (Å²) in [5.74, 6) is 0.828. The number of ether oxygens (including phenoxy) is 2. The lowest BCUT2D eigenvalue weighted by atomic mass is 10.2. The molecule has 0 radical (unpaired) electrons. The summed E-state index contributed by atoms with van der Waals surface area (Å²) in [5.41, 5.74) is 0.914. The molecule has 0 bridgehead atoms. The predicted molar refractivity (Wildman–Crippen MR) is 81.8 cm³/mol. The first-order valence-electron chi connectivity index (χ1n) is 6.76. The average Bonchev–Trinajstić information content (AvgIpc) is 2.89. The lowest BCUT2D eigenvalue weighted by Gasteiger charge is -2.17. The fraction of sp³-hybridized carbons (Fsp3) is 0.533. The quantitative estimate of drug-likeness (QED) is 0.634. The van der Waals surface area contributed by atoms with E-state index in [9.17, 15) is 4.55 Å². The topological polar surface area (TPSA) is 53.9 Å². The summed E-state index contributed by atoms with van der Waals surface area (Å²) in [4.78, 5) is 0. The summed E-state index contributed by atoms with van der Waals surface area (Å²) in [6, 6.07) is 7.63. The van der Waals surface area contributed by atoms with Crippen molar-refractivity contribution in [3.05, 3.63) is 29.8 Å². The largest absolute Gasteiger partial charge is 0.591 e. The number of nitrogens with zero attached hydrogens (tertiary/aromatic N) is 1. The van der Waals surface area contributed by atoms with E-state index >= 15 is 0 Å². The molecule has 0 amide bonds. The van der Waals surface area contributed by atoms with Gasteiger partial charge in [0.05, 0.1) is 19.4 Å². The minimum atomic E-state index is -1.23. The first kappa shape index (κ1) is 15.4. The zero-order valence-corrected chi connectivity index (χ0v) is 13.0. The van der Waals surface area contributed by atoms with Crippen molar-refractivity contribution in [2.24, 2.45) is 4.40 Å². The Morgan fingerprint density at radius 1 is 1.35 bits per heavy atom. The number of hydrogen-bond acceptors (Lipinski definition) is 4. The highest BCUT2D eigenvalue weighted by atomic mass is 32.2. The van der Waals surface area contributed by atoms with Gasteiger partial charge in [0.2, 0.25) is 0 Å². The molecule has 1 aromatic carbocycles. The van der Waals surface area contributed by atoms with Gasteiger partial charge in [0, 0.05) is 6.42 Å². The average molecular weight is 295 g/mol. The second kappa shape index (κ2) is 6.61. The molecule has 1 aliphatic heterocycles. The highest BCUT2D eigenvalue weighted by Crippen LogP contribution is 2.19. The fourth-order valence-electron chi connectivity index (χ4n) is 1.70. The van der Waals surface area contributed by atoms with E-state index in [1.165, 1.54) is 0 Å². The molecule has 5 heteroatoms. The van der Waals surface area contributed by atoms with Gasteiger partial charge in [-0.3, -0.25) is 0 Å². The van der Waals surface area contributed by atoms with Crippen LogP contribution in [0.4, 0.5) is 0 Å². The van der Waals surface area contributed by atoms with Gasteiger partial charge in [0.15, 0.2) is 0 Å². The Morgan fingerprint density at radius 3 is 2.60 bits per heavy atom. The Kier molecular flexibility index (Phi) is 5.07. The van der Waals surface area contributed by atoms with Gasteiger partial charge in [0.1, 0.15) is 28.0 Å². The molecule has 0 aliphatic carbocycles. The van der Waals surface area contributed by atoms with Crippen molar-refractivity contribution < 1.29 is 14.0 Å². The third-order valence-electron chi connectivity index (χ3n) is 2.89. The second-order valence-electron chi connectivity index (χ2n) is 5.77. The van der Waals surface area contributed by atoms with Crippen LogP contribution in [0.15, 0.2) is 28.7 Å². The van der Waals surface area contributed by atoms with E-state index in [1.54, 1.807) is 6.21 Å². The molecule has 0 N–H and O–H groups in total. The molecule has 1 unspecified atom stereocenters. The van der Waals surface area contributed by atoms with Crippen molar-refractivity contribution in [2.45, 2.75) is 38.0 Å². The van der Waals surface area contributed by atoms with Crippen LogP contribution >= 0.6 is 0 Å². The van der Waals surface area contributed by atoms with Crippen molar-refractivity contribution in [1.82, 2.24) is 0 Å². The van der Waals surface area contributed by atoms with Gasteiger partial charge in [-0.05, 0) is 50.6 Å². The number of rotatable bonds is 4. The van der Waals surface area contributed by atoms with Crippen LogP contribution in [0.1, 0.15) is 32.8 Å². The molecule has 1 fully saturated rings. The summed E-state index contributed by atoms with van der Waals surface area (Å²) in [5, 5.41) is 0. The monoisotopic (exact) mass is 295 g/mol. The van der Waals surface area contributed by atoms with Crippen LogP contribution in [0.5, 0.6) is 5.75 Å². The lowest BCUT2D eigenvalue weighted by Crippen LogP contribution is -2.25. The third kappa shape index (κ3) is 4.51. The first-order valence-corrected chi connectivity index (χ1v) is 7.86. The Balaban J connectivity index is 1.92. The minimum Gasteiger partial charge on any atom is -0.591 e. The number of benzene rings is 1. The maximum absolute atomic E-state index is 11.8. The van der Waals surface area contributed by atoms with Crippen LogP contribution in [-0.2, 0) is 16.1 Å². The Morgan fingerprint density at radius 2 is 2.05 bits per heavy atom. The predicted octanol–water partition coefficient (Wildman–Crippen LogP) is 2.74. The normalized spacial score (nSPS) is 21.3. The van der Waals surface area contributed by atoms with E-state index in [4.69, 9.17) is 9.47 Å². The molecular formula is C15H21NO3S. The highest BCUT2D eigenvalue weighted by Gasteiger charge is 2.25. The highest BCUT2D eigenvalue weighted by molar-refractivity contribution is 7.91. The maximum Gasteiger partial charge on any atom is 0.144 e. The van der Waals surface area contributed by atoms with Crippen molar-refractivity contribution >= 4 is 17.6 Å². The summed E-state index contributed by atoms with van der Waals surface area (Å²) in [7, 11) is 0. The van der Waals surface area contributed by atoms with Crippen LogP contribution in [0.3, 0.4) is 0 Å². The van der Waals surface area contributed by atoms with Crippen molar-refractivity contribution in [3.8, 4) is 5.75 Å². The summed E-state index contributed by atoms with van der Waals surface area (Å²) in [6.45, 7) is 7.14. The molecule has 1 aliphatic rings. The first-order chi connectivity index (χ1) is 9.45. The van der Waals surface area contributed by atoms with E-state index < -0.39 is 11.4 Å². The van der Waals surface area contributed by atoms with Crippen LogP contribution < -0.4 is 4.74 Å². The molecule has 0 saturated carbocycles. The number of hydrogen-bond donors (Lipinski definition) is 0. The summed E-state index contributed by atoms with van der Waals surface area (Å²) >= 11 is -1.23. The summed E-state index contributed by atoms with van der Waals surface area (Å²) in [6.07, 6.45) is 2.74. The Hall–Kier alpha value is -1.04. The molecule has 1 aromatic rings. The molecule has 2 atom stereocenters. The van der Waals surface area contributed by atoms with Gasteiger partial charge in [-0.1, -0.05) is 4.40 Å². The molecular weight excluding hydrogens is 274 g/mol. The molecule has 2 rings (SSSR count). The third-order valence-corrected chi connectivity index (χ3v) is 4.24. The lowest BCUT2D eigenvalue weighted by molar-refractivity contribution is 0.141. The zero-order valence-electron chi connectivity index (χ0n) is 12.2. The van der Waals surface area contributed by atoms with E-state index in [2.05, 4.69) is 4.40 Å². The summed E-state index contributed by atoms with van der Waals surface area (Å²) < 4.78 is 26.6. The van der Waals surface area contributed by atoms with Gasteiger partial charge in [0.25, 0.3) is 0 Å². The van der Waals surface area contributed by atoms with Crippen molar-refractivity contribution in [1.29, 1.82) is 0 Å². The Bertz CT molecular complexity index is 447. The SMILES string of the molecule is CC(C)(C)[S@@+]([O-])N=Cc1ccc(OC2CCOC2)cc1. The van der Waals surface area contributed by atoms with Crippen LogP contribution in [0.2, 0.25) is 0 Å². The van der Waals surface area contributed by atoms with Crippen LogP contribution in [-0.4, -0.2) is 34.8 Å². The van der Waals surface area contributed by atoms with Crippen LogP contribution in [0.25, 0.3) is 0 Å². The molecule has 1 saturated heterocycles. The molecule has 20 heavy (non-hydrogen) atoms. The second-order valence-corrected chi connectivity index (χ2v) is 7.70. The van der Waals surface area contributed by atoms with E-state index in [0.717, 1.165) is 24.3 Å². The Labute approximate surface area is 123 Å². The van der Waals surface area contributed by atoms with Gasteiger partial charge in [-0.2, -0.15) is 0 Å². The van der Waals surface area contributed by atoms with E-state index in [1.807, 2.05) is 45.0 Å².